The van der Waals surface area contributed by atoms with E-state index in [1.54, 1.807) is 16.5 Å². The molecular weight excluding hydrogens is 232 g/mol. The summed E-state index contributed by atoms with van der Waals surface area (Å²) in [7, 11) is 0. The van der Waals surface area contributed by atoms with E-state index in [1.165, 1.54) is 12.1 Å². The SMILES string of the molecule is O=[N+]([O-])c1cccc(-c2nnc3ccccn23)c1. The van der Waals surface area contributed by atoms with Crippen molar-refractivity contribution in [3.63, 3.8) is 0 Å². The number of hydrogen-bond acceptors (Lipinski definition) is 4. The van der Waals surface area contributed by atoms with Crippen LogP contribution in [0.15, 0.2) is 48.7 Å². The normalized spacial score (nSPS) is 10.7. The number of non-ortho nitro benzene ring substituents is 1. The Morgan fingerprint density at radius 1 is 1.11 bits per heavy atom. The summed E-state index contributed by atoms with van der Waals surface area (Å²) < 4.78 is 1.79. The van der Waals surface area contributed by atoms with Crippen LogP contribution in [0.4, 0.5) is 5.69 Å². The van der Waals surface area contributed by atoms with Gasteiger partial charge < -0.3 is 0 Å². The average molecular weight is 240 g/mol. The molecule has 2 heterocycles. The monoisotopic (exact) mass is 240 g/mol. The van der Waals surface area contributed by atoms with Gasteiger partial charge in [-0.25, -0.2) is 0 Å². The molecule has 3 aromatic rings. The lowest BCUT2D eigenvalue weighted by Crippen LogP contribution is -1.91. The molecular formula is C12H8N4O2. The molecule has 18 heavy (non-hydrogen) atoms. The Morgan fingerprint density at radius 2 is 2.00 bits per heavy atom. The molecule has 6 nitrogen and oxygen atoms in total. The number of nitrogens with zero attached hydrogens (tertiary/aromatic N) is 4. The van der Waals surface area contributed by atoms with Gasteiger partial charge in [-0.05, 0) is 12.1 Å². The topological polar surface area (TPSA) is 73.3 Å². The molecule has 0 amide bonds. The van der Waals surface area contributed by atoms with Crippen LogP contribution in [-0.4, -0.2) is 19.5 Å². The molecule has 2 aromatic heterocycles. The van der Waals surface area contributed by atoms with E-state index >= 15 is 0 Å². The molecule has 0 aliphatic carbocycles. The van der Waals surface area contributed by atoms with E-state index in [-0.39, 0.29) is 5.69 Å². The Morgan fingerprint density at radius 3 is 2.83 bits per heavy atom. The third-order valence-electron chi connectivity index (χ3n) is 2.63. The molecule has 0 atom stereocenters. The predicted molar refractivity (Wildman–Crippen MR) is 65.1 cm³/mol. The first-order valence-electron chi connectivity index (χ1n) is 5.30. The fourth-order valence-corrected chi connectivity index (χ4v) is 1.80. The van der Waals surface area contributed by atoms with Crippen molar-refractivity contribution in [2.45, 2.75) is 0 Å². The molecule has 0 spiro atoms. The van der Waals surface area contributed by atoms with E-state index in [0.717, 1.165) is 0 Å². The van der Waals surface area contributed by atoms with Crippen LogP contribution in [0.5, 0.6) is 0 Å². The minimum absolute atomic E-state index is 0.0418. The summed E-state index contributed by atoms with van der Waals surface area (Å²) in [6, 6.07) is 11.9. The van der Waals surface area contributed by atoms with Crippen molar-refractivity contribution < 1.29 is 4.92 Å². The highest BCUT2D eigenvalue weighted by Gasteiger charge is 2.11. The summed E-state index contributed by atoms with van der Waals surface area (Å²) in [5, 5.41) is 18.8. The van der Waals surface area contributed by atoms with E-state index in [2.05, 4.69) is 10.2 Å². The summed E-state index contributed by atoms with van der Waals surface area (Å²) in [5.41, 5.74) is 1.42. The fraction of sp³-hybridized carbons (Fsp3) is 0. The van der Waals surface area contributed by atoms with Crippen LogP contribution < -0.4 is 0 Å². The maximum Gasteiger partial charge on any atom is 0.270 e. The second-order valence-corrected chi connectivity index (χ2v) is 3.76. The summed E-state index contributed by atoms with van der Waals surface area (Å²) in [5.74, 6) is 0.592. The molecule has 0 aliphatic rings. The second kappa shape index (κ2) is 3.92. The lowest BCUT2D eigenvalue weighted by molar-refractivity contribution is -0.384. The maximum atomic E-state index is 10.7. The molecule has 0 fully saturated rings. The molecule has 6 heteroatoms. The van der Waals surface area contributed by atoms with Gasteiger partial charge in [0.25, 0.3) is 5.69 Å². The summed E-state index contributed by atoms with van der Waals surface area (Å²) >= 11 is 0. The van der Waals surface area contributed by atoms with E-state index in [1.807, 2.05) is 24.4 Å². The third-order valence-corrected chi connectivity index (χ3v) is 2.63. The van der Waals surface area contributed by atoms with Crippen molar-refractivity contribution in [2.24, 2.45) is 0 Å². The Balaban J connectivity index is 2.20. The highest BCUT2D eigenvalue weighted by molar-refractivity contribution is 5.62. The number of pyridine rings is 1. The Kier molecular flexibility index (Phi) is 2.26. The lowest BCUT2D eigenvalue weighted by atomic mass is 10.2. The van der Waals surface area contributed by atoms with E-state index in [9.17, 15) is 10.1 Å². The minimum Gasteiger partial charge on any atom is -0.282 e. The Bertz CT molecular complexity index is 736. The predicted octanol–water partition coefficient (Wildman–Crippen LogP) is 2.30. The molecule has 0 N–H and O–H groups in total. The first-order valence-corrected chi connectivity index (χ1v) is 5.30. The molecule has 0 radical (unpaired) electrons. The highest BCUT2D eigenvalue weighted by atomic mass is 16.6. The molecule has 0 saturated carbocycles. The van der Waals surface area contributed by atoms with E-state index in [4.69, 9.17) is 0 Å². The molecule has 3 rings (SSSR count). The standard InChI is InChI=1S/C12H8N4O2/c17-16(18)10-5-3-4-9(8-10)12-14-13-11-6-1-2-7-15(11)12/h1-8H. The van der Waals surface area contributed by atoms with Gasteiger partial charge in [0.15, 0.2) is 11.5 Å². The number of rotatable bonds is 2. The number of hydrogen-bond donors (Lipinski definition) is 0. The maximum absolute atomic E-state index is 10.7. The van der Waals surface area contributed by atoms with Crippen LogP contribution >= 0.6 is 0 Å². The van der Waals surface area contributed by atoms with Crippen molar-refractivity contribution >= 4 is 11.3 Å². The van der Waals surface area contributed by atoms with Gasteiger partial charge >= 0.3 is 0 Å². The van der Waals surface area contributed by atoms with Crippen LogP contribution in [0.1, 0.15) is 0 Å². The van der Waals surface area contributed by atoms with Gasteiger partial charge in [-0.3, -0.25) is 14.5 Å². The minimum atomic E-state index is -0.424. The van der Waals surface area contributed by atoms with Crippen molar-refractivity contribution in [3.8, 4) is 11.4 Å². The van der Waals surface area contributed by atoms with Crippen molar-refractivity contribution in [1.82, 2.24) is 14.6 Å². The average Bonchev–Trinajstić information content (AvgIpc) is 2.82. The van der Waals surface area contributed by atoms with E-state index < -0.39 is 4.92 Å². The number of nitro groups is 1. The van der Waals surface area contributed by atoms with Crippen molar-refractivity contribution in [2.75, 3.05) is 0 Å². The largest absolute Gasteiger partial charge is 0.282 e. The quantitative estimate of drug-likeness (QED) is 0.509. The Labute approximate surface area is 102 Å². The summed E-state index contributed by atoms with van der Waals surface area (Å²) in [6.45, 7) is 0. The van der Waals surface area contributed by atoms with Crippen LogP contribution in [0.2, 0.25) is 0 Å². The fourth-order valence-electron chi connectivity index (χ4n) is 1.80. The molecule has 0 unspecified atom stereocenters. The second-order valence-electron chi connectivity index (χ2n) is 3.76. The highest BCUT2D eigenvalue weighted by Crippen LogP contribution is 2.22. The summed E-state index contributed by atoms with van der Waals surface area (Å²) in [6.07, 6.45) is 1.82. The smallest absolute Gasteiger partial charge is 0.270 e. The molecule has 0 bridgehead atoms. The van der Waals surface area contributed by atoms with Crippen molar-refractivity contribution in [1.29, 1.82) is 0 Å². The number of benzene rings is 1. The van der Waals surface area contributed by atoms with Gasteiger partial charge in [-0.1, -0.05) is 18.2 Å². The van der Waals surface area contributed by atoms with Crippen molar-refractivity contribution in [3.05, 3.63) is 58.8 Å². The molecule has 88 valence electrons. The third kappa shape index (κ3) is 1.60. The van der Waals surface area contributed by atoms with Crippen LogP contribution in [-0.2, 0) is 0 Å². The zero-order valence-corrected chi connectivity index (χ0v) is 9.22. The number of nitro benzene ring substituents is 1. The number of fused-ring (bicyclic) bond motifs is 1. The number of aromatic nitrogens is 3. The van der Waals surface area contributed by atoms with Gasteiger partial charge in [0.2, 0.25) is 0 Å². The van der Waals surface area contributed by atoms with Gasteiger partial charge in [0.1, 0.15) is 0 Å². The first kappa shape index (κ1) is 10.4. The zero-order chi connectivity index (χ0) is 12.5. The Hall–Kier alpha value is -2.76. The van der Waals surface area contributed by atoms with Gasteiger partial charge in [-0.2, -0.15) is 0 Å². The molecule has 0 saturated heterocycles. The van der Waals surface area contributed by atoms with Crippen LogP contribution in [0.3, 0.4) is 0 Å². The van der Waals surface area contributed by atoms with Gasteiger partial charge in [0.05, 0.1) is 4.92 Å². The zero-order valence-electron chi connectivity index (χ0n) is 9.22. The van der Waals surface area contributed by atoms with Crippen LogP contribution in [0, 0.1) is 10.1 Å². The molecule has 0 aliphatic heterocycles. The van der Waals surface area contributed by atoms with E-state index in [0.29, 0.717) is 17.0 Å². The molecule has 1 aromatic carbocycles. The first-order chi connectivity index (χ1) is 8.75. The van der Waals surface area contributed by atoms with Gasteiger partial charge in [-0.15, -0.1) is 10.2 Å². The lowest BCUT2D eigenvalue weighted by Gasteiger charge is -1.99. The van der Waals surface area contributed by atoms with Gasteiger partial charge in [0, 0.05) is 23.9 Å². The van der Waals surface area contributed by atoms with Crippen LogP contribution in [0.25, 0.3) is 17.0 Å². The summed E-state index contributed by atoms with van der Waals surface area (Å²) in [4.78, 5) is 10.3.